The molecular weight excluding hydrogens is 244 g/mol. The zero-order valence-electron chi connectivity index (χ0n) is 11.7. The van der Waals surface area contributed by atoms with Crippen LogP contribution < -0.4 is 0 Å². The maximum atomic E-state index is 11.8. The molecular formula is C15H22O4. The third kappa shape index (κ3) is 1.77. The van der Waals surface area contributed by atoms with Crippen LogP contribution in [0.5, 0.6) is 0 Å². The third-order valence-electron chi connectivity index (χ3n) is 5.27. The summed E-state index contributed by atoms with van der Waals surface area (Å²) in [5.74, 6) is -0.475. The number of esters is 1. The Labute approximate surface area is 113 Å². The van der Waals surface area contributed by atoms with Gasteiger partial charge in [0.25, 0.3) is 0 Å². The highest BCUT2D eigenvalue weighted by molar-refractivity contribution is 5.82. The first-order valence-electron chi connectivity index (χ1n) is 7.08. The number of hydrogen-bond acceptors (Lipinski definition) is 4. The summed E-state index contributed by atoms with van der Waals surface area (Å²) in [6.45, 7) is 5.79. The van der Waals surface area contributed by atoms with Crippen molar-refractivity contribution in [3.05, 3.63) is 11.6 Å². The van der Waals surface area contributed by atoms with E-state index in [0.717, 1.165) is 6.42 Å². The van der Waals surface area contributed by atoms with Crippen molar-refractivity contribution in [3.8, 4) is 0 Å². The summed E-state index contributed by atoms with van der Waals surface area (Å²) in [7, 11) is 0. The number of allylic oxidation sites excluding steroid dienone is 1. The van der Waals surface area contributed by atoms with Crippen LogP contribution in [0.25, 0.3) is 0 Å². The Morgan fingerprint density at radius 3 is 2.74 bits per heavy atom. The number of rotatable bonds is 0. The van der Waals surface area contributed by atoms with Crippen LogP contribution in [-0.2, 0) is 9.53 Å². The molecule has 2 aliphatic carbocycles. The Kier molecular flexibility index (Phi) is 2.64. The molecule has 6 atom stereocenters. The van der Waals surface area contributed by atoms with E-state index < -0.39 is 11.6 Å². The zero-order chi connectivity index (χ0) is 14.0. The van der Waals surface area contributed by atoms with Gasteiger partial charge in [-0.25, -0.2) is 4.79 Å². The minimum atomic E-state index is -1.41. The highest BCUT2D eigenvalue weighted by Gasteiger charge is 2.57. The smallest absolute Gasteiger partial charge is 0.338 e. The zero-order valence-corrected chi connectivity index (χ0v) is 11.7. The number of carbonyl (C=O) groups is 1. The molecule has 0 spiro atoms. The van der Waals surface area contributed by atoms with Crippen LogP contribution in [0.2, 0.25) is 0 Å². The average molecular weight is 266 g/mol. The molecule has 1 saturated carbocycles. The van der Waals surface area contributed by atoms with Crippen molar-refractivity contribution in [1.82, 2.24) is 0 Å². The van der Waals surface area contributed by atoms with Gasteiger partial charge in [0.1, 0.15) is 6.10 Å². The predicted molar refractivity (Wildman–Crippen MR) is 69.2 cm³/mol. The van der Waals surface area contributed by atoms with Gasteiger partial charge in [-0.3, -0.25) is 0 Å². The number of carbonyl (C=O) groups excluding carboxylic acids is 1. The molecule has 0 aromatic heterocycles. The molecule has 0 aromatic rings. The van der Waals surface area contributed by atoms with E-state index in [9.17, 15) is 15.0 Å². The SMILES string of the molecule is C[C@H]1C[C@H](O)C[C@]2(C)C[C@H]3OC(=O)[C@](C)(O)[C@H]3C=C12. The Morgan fingerprint density at radius 1 is 1.37 bits per heavy atom. The first-order chi connectivity index (χ1) is 8.74. The molecule has 2 fully saturated rings. The van der Waals surface area contributed by atoms with E-state index >= 15 is 0 Å². The molecule has 0 radical (unpaired) electrons. The molecule has 4 heteroatoms. The number of aliphatic hydroxyl groups is 2. The van der Waals surface area contributed by atoms with E-state index in [1.54, 1.807) is 6.92 Å². The molecule has 0 aromatic carbocycles. The van der Waals surface area contributed by atoms with Crippen molar-refractivity contribution in [2.24, 2.45) is 17.3 Å². The molecule has 106 valence electrons. The van der Waals surface area contributed by atoms with E-state index in [1.807, 2.05) is 0 Å². The molecule has 3 aliphatic rings. The van der Waals surface area contributed by atoms with Gasteiger partial charge >= 0.3 is 5.97 Å². The fourth-order valence-electron chi connectivity index (χ4n) is 4.32. The number of fused-ring (bicyclic) bond motifs is 2. The maximum Gasteiger partial charge on any atom is 0.338 e. The van der Waals surface area contributed by atoms with Gasteiger partial charge in [-0.1, -0.05) is 25.5 Å². The van der Waals surface area contributed by atoms with Gasteiger partial charge < -0.3 is 14.9 Å². The van der Waals surface area contributed by atoms with Crippen LogP contribution in [0.1, 0.15) is 40.0 Å². The highest BCUT2D eigenvalue weighted by atomic mass is 16.6. The van der Waals surface area contributed by atoms with Crippen LogP contribution in [-0.4, -0.2) is 34.0 Å². The number of ether oxygens (including phenoxy) is 1. The lowest BCUT2D eigenvalue weighted by Gasteiger charge is -2.47. The van der Waals surface area contributed by atoms with Crippen LogP contribution in [0, 0.1) is 17.3 Å². The standard InChI is InChI=1S/C15H22O4/c1-8-4-9(16)6-14(2)7-12-11(5-10(8)14)15(3,18)13(17)19-12/h5,8-9,11-12,16,18H,4,6-7H2,1-3H3/t8-,9-,11-,12+,14+,15+/m0/s1. The summed E-state index contributed by atoms with van der Waals surface area (Å²) < 4.78 is 5.35. The second-order valence-electron chi connectivity index (χ2n) is 7.00. The lowest BCUT2D eigenvalue weighted by molar-refractivity contribution is -0.154. The summed E-state index contributed by atoms with van der Waals surface area (Å²) in [6, 6.07) is 0. The average Bonchev–Trinajstić information content (AvgIpc) is 2.45. The molecule has 1 aliphatic heterocycles. The summed E-state index contributed by atoms with van der Waals surface area (Å²) in [4.78, 5) is 11.8. The lowest BCUT2D eigenvalue weighted by Crippen LogP contribution is -2.46. The second-order valence-corrected chi connectivity index (χ2v) is 7.00. The number of hydrogen-bond donors (Lipinski definition) is 2. The van der Waals surface area contributed by atoms with Crippen molar-refractivity contribution in [3.63, 3.8) is 0 Å². The largest absolute Gasteiger partial charge is 0.459 e. The normalized spacial score (nSPS) is 53.1. The molecule has 1 heterocycles. The Bertz CT molecular complexity index is 453. The van der Waals surface area contributed by atoms with Crippen molar-refractivity contribution in [2.75, 3.05) is 0 Å². The Morgan fingerprint density at radius 2 is 2.05 bits per heavy atom. The molecule has 0 unspecified atom stereocenters. The molecule has 19 heavy (non-hydrogen) atoms. The molecule has 4 nitrogen and oxygen atoms in total. The van der Waals surface area contributed by atoms with Crippen LogP contribution >= 0.6 is 0 Å². The first kappa shape index (κ1) is 13.1. The predicted octanol–water partition coefficient (Wildman–Crippen LogP) is 1.41. The van der Waals surface area contributed by atoms with E-state index in [-0.39, 0.29) is 23.5 Å². The van der Waals surface area contributed by atoms with Gasteiger partial charge in [0.2, 0.25) is 0 Å². The summed E-state index contributed by atoms with van der Waals surface area (Å²) >= 11 is 0. The molecule has 0 bridgehead atoms. The third-order valence-corrected chi connectivity index (χ3v) is 5.27. The van der Waals surface area contributed by atoms with Crippen LogP contribution in [0.4, 0.5) is 0 Å². The quantitative estimate of drug-likeness (QED) is 0.514. The van der Waals surface area contributed by atoms with Crippen molar-refractivity contribution < 1.29 is 19.7 Å². The van der Waals surface area contributed by atoms with Gasteiger partial charge in [-0.15, -0.1) is 0 Å². The van der Waals surface area contributed by atoms with Crippen molar-refractivity contribution in [1.29, 1.82) is 0 Å². The molecule has 1 saturated heterocycles. The molecule has 3 rings (SSSR count). The Balaban J connectivity index is 2.02. The summed E-state index contributed by atoms with van der Waals surface area (Å²) in [5.41, 5.74) is -0.245. The summed E-state index contributed by atoms with van der Waals surface area (Å²) in [5, 5.41) is 20.3. The molecule has 0 amide bonds. The van der Waals surface area contributed by atoms with E-state index in [2.05, 4.69) is 19.9 Å². The van der Waals surface area contributed by atoms with Gasteiger partial charge in [0.15, 0.2) is 5.60 Å². The topological polar surface area (TPSA) is 66.8 Å². The lowest BCUT2D eigenvalue weighted by atomic mass is 9.58. The highest BCUT2D eigenvalue weighted by Crippen LogP contribution is 2.54. The minimum absolute atomic E-state index is 0.112. The fourth-order valence-corrected chi connectivity index (χ4v) is 4.32. The molecule has 2 N–H and O–H groups in total. The van der Waals surface area contributed by atoms with Crippen molar-refractivity contribution >= 4 is 5.97 Å². The Hall–Kier alpha value is -0.870. The van der Waals surface area contributed by atoms with Gasteiger partial charge in [-0.2, -0.15) is 0 Å². The van der Waals surface area contributed by atoms with Gasteiger partial charge in [0, 0.05) is 0 Å². The minimum Gasteiger partial charge on any atom is -0.459 e. The number of aliphatic hydroxyl groups excluding tert-OH is 1. The second kappa shape index (κ2) is 3.83. The van der Waals surface area contributed by atoms with Crippen molar-refractivity contribution in [2.45, 2.75) is 57.8 Å². The van der Waals surface area contributed by atoms with E-state index in [0.29, 0.717) is 18.8 Å². The van der Waals surface area contributed by atoms with Gasteiger partial charge in [-0.05, 0) is 37.5 Å². The van der Waals surface area contributed by atoms with Crippen LogP contribution in [0.15, 0.2) is 11.6 Å². The van der Waals surface area contributed by atoms with E-state index in [4.69, 9.17) is 4.74 Å². The van der Waals surface area contributed by atoms with E-state index in [1.165, 1.54) is 5.57 Å². The maximum absolute atomic E-state index is 11.8. The monoisotopic (exact) mass is 266 g/mol. The van der Waals surface area contributed by atoms with Gasteiger partial charge in [0.05, 0.1) is 12.0 Å². The fraction of sp³-hybridized carbons (Fsp3) is 0.800. The first-order valence-corrected chi connectivity index (χ1v) is 7.08. The van der Waals surface area contributed by atoms with Crippen LogP contribution in [0.3, 0.4) is 0 Å². The summed E-state index contributed by atoms with van der Waals surface area (Å²) in [6.07, 6.45) is 3.68.